The van der Waals surface area contributed by atoms with E-state index in [9.17, 15) is 0 Å². The van der Waals surface area contributed by atoms with Gasteiger partial charge in [0, 0.05) is 0 Å². The molecule has 0 spiro atoms. The first kappa shape index (κ1) is 11.8. The molecule has 0 aromatic carbocycles. The summed E-state index contributed by atoms with van der Waals surface area (Å²) in [5, 5.41) is 51.7. The fraction of sp³-hybridized carbons (Fsp3) is 1.00. The van der Waals surface area contributed by atoms with E-state index in [1.54, 1.807) is 6.92 Å². The third-order valence-electron chi connectivity index (χ3n) is 1.52. The van der Waals surface area contributed by atoms with Crippen molar-refractivity contribution >= 4 is 0 Å². The zero-order valence-electron chi connectivity index (χ0n) is 6.67. The maximum Gasteiger partial charge on any atom is 0.335 e. The van der Waals surface area contributed by atoms with E-state index in [1.807, 2.05) is 0 Å². The number of hydrogen-bond acceptors (Lipinski definition) is 6. The highest BCUT2D eigenvalue weighted by Crippen LogP contribution is 2.21. The lowest BCUT2D eigenvalue weighted by Crippen LogP contribution is -2.61. The monoisotopic (exact) mass is 182 g/mol. The number of aliphatic hydroxyl groups is 6. The summed E-state index contributed by atoms with van der Waals surface area (Å²) in [6.45, 7) is 1.65. The minimum atomic E-state index is -3.72. The van der Waals surface area contributed by atoms with Crippen molar-refractivity contribution in [2.75, 3.05) is 0 Å². The van der Waals surface area contributed by atoms with Crippen molar-refractivity contribution in [1.29, 1.82) is 0 Å². The molecule has 1 unspecified atom stereocenters. The second kappa shape index (κ2) is 3.65. The number of aliphatic hydroxyl groups excluding tert-OH is 1. The minimum absolute atomic E-state index is 0.0730. The molecule has 0 aliphatic heterocycles. The van der Waals surface area contributed by atoms with Crippen molar-refractivity contribution in [2.45, 2.75) is 37.6 Å². The van der Waals surface area contributed by atoms with Crippen LogP contribution in [0.1, 0.15) is 19.8 Å². The van der Waals surface area contributed by atoms with E-state index in [4.69, 9.17) is 30.6 Å². The van der Waals surface area contributed by atoms with Crippen LogP contribution < -0.4 is 0 Å². The molecular formula is C6H14O6. The van der Waals surface area contributed by atoms with Crippen LogP contribution in [0, 0.1) is 0 Å². The van der Waals surface area contributed by atoms with Crippen LogP contribution in [0.5, 0.6) is 0 Å². The van der Waals surface area contributed by atoms with Gasteiger partial charge in [0.15, 0.2) is 0 Å². The molecule has 6 N–H and O–H groups in total. The van der Waals surface area contributed by atoms with Crippen LogP contribution in [0.2, 0.25) is 0 Å². The fourth-order valence-electron chi connectivity index (χ4n) is 0.698. The van der Waals surface area contributed by atoms with E-state index in [-0.39, 0.29) is 6.42 Å². The Morgan fingerprint density at radius 1 is 1.08 bits per heavy atom. The van der Waals surface area contributed by atoms with Crippen molar-refractivity contribution in [1.82, 2.24) is 0 Å². The van der Waals surface area contributed by atoms with Crippen molar-refractivity contribution in [3.63, 3.8) is 0 Å². The van der Waals surface area contributed by atoms with Gasteiger partial charge in [-0.3, -0.25) is 0 Å². The zero-order valence-corrected chi connectivity index (χ0v) is 6.67. The Morgan fingerprint density at radius 2 is 1.50 bits per heavy atom. The van der Waals surface area contributed by atoms with Crippen molar-refractivity contribution in [3.8, 4) is 0 Å². The lowest BCUT2D eigenvalue weighted by atomic mass is 10.0. The highest BCUT2D eigenvalue weighted by atomic mass is 16.7. The predicted molar refractivity (Wildman–Crippen MR) is 37.5 cm³/mol. The van der Waals surface area contributed by atoms with Gasteiger partial charge in [-0.25, -0.2) is 0 Å². The van der Waals surface area contributed by atoms with Gasteiger partial charge in [-0.2, -0.15) is 0 Å². The van der Waals surface area contributed by atoms with Crippen molar-refractivity contribution in [2.24, 2.45) is 0 Å². The third kappa shape index (κ3) is 2.37. The van der Waals surface area contributed by atoms with Gasteiger partial charge in [0.2, 0.25) is 0 Å². The van der Waals surface area contributed by atoms with Crippen LogP contribution in [0.25, 0.3) is 0 Å². The molecule has 0 aliphatic rings. The Kier molecular flexibility index (Phi) is 3.58. The lowest BCUT2D eigenvalue weighted by molar-refractivity contribution is -0.464. The summed E-state index contributed by atoms with van der Waals surface area (Å²) >= 11 is 0. The molecule has 0 saturated carbocycles. The van der Waals surface area contributed by atoms with Crippen LogP contribution in [0.15, 0.2) is 0 Å². The molecule has 12 heavy (non-hydrogen) atoms. The van der Waals surface area contributed by atoms with E-state index in [1.165, 1.54) is 0 Å². The average molecular weight is 182 g/mol. The van der Waals surface area contributed by atoms with Gasteiger partial charge >= 0.3 is 5.97 Å². The molecule has 0 aromatic rings. The van der Waals surface area contributed by atoms with E-state index in [0.717, 1.165) is 0 Å². The van der Waals surface area contributed by atoms with Crippen molar-refractivity contribution in [3.05, 3.63) is 0 Å². The second-order valence-electron chi connectivity index (χ2n) is 2.67. The largest absolute Gasteiger partial charge is 0.387 e. The maximum absolute atomic E-state index is 8.93. The minimum Gasteiger partial charge on any atom is -0.387 e. The number of hydrogen-bond donors (Lipinski definition) is 6. The quantitative estimate of drug-likeness (QED) is 0.266. The van der Waals surface area contributed by atoms with Crippen molar-refractivity contribution < 1.29 is 30.6 Å². The summed E-state index contributed by atoms with van der Waals surface area (Å²) in [7, 11) is 0. The SMILES string of the molecule is CCCC(O)C(O)(O)C(O)(O)O. The highest BCUT2D eigenvalue weighted by molar-refractivity contribution is 4.80. The standard InChI is InChI=1S/C6H14O6/c1-2-3-4(7)5(8,9)6(10,11)12/h4,7-12H,2-3H2,1H3. The molecule has 0 bridgehead atoms. The summed E-state index contributed by atoms with van der Waals surface area (Å²) in [4.78, 5) is 0. The Bertz CT molecular complexity index is 137. The maximum atomic E-state index is 8.93. The first-order valence-corrected chi connectivity index (χ1v) is 3.53. The predicted octanol–water partition coefficient (Wildman–Crippen LogP) is -2.54. The fourth-order valence-corrected chi connectivity index (χ4v) is 0.698. The highest BCUT2D eigenvalue weighted by Gasteiger charge is 2.51. The molecule has 0 aliphatic carbocycles. The van der Waals surface area contributed by atoms with Crippen LogP contribution in [0.4, 0.5) is 0 Å². The first-order valence-electron chi connectivity index (χ1n) is 3.53. The smallest absolute Gasteiger partial charge is 0.335 e. The molecule has 0 aromatic heterocycles. The second-order valence-corrected chi connectivity index (χ2v) is 2.67. The normalized spacial score (nSPS) is 16.2. The van der Waals surface area contributed by atoms with Gasteiger partial charge in [-0.1, -0.05) is 13.3 Å². The Labute approximate surface area is 69.3 Å². The summed E-state index contributed by atoms with van der Waals surface area (Å²) in [6, 6.07) is 0. The summed E-state index contributed by atoms with van der Waals surface area (Å²) in [6.07, 6.45) is -1.49. The molecule has 0 amide bonds. The first-order chi connectivity index (χ1) is 5.23. The molecule has 1 atom stereocenters. The molecule has 0 radical (unpaired) electrons. The van der Waals surface area contributed by atoms with Gasteiger partial charge in [-0.15, -0.1) is 0 Å². The summed E-state index contributed by atoms with van der Waals surface area (Å²) in [5.74, 6) is -7.05. The van der Waals surface area contributed by atoms with Gasteiger partial charge in [-0.05, 0) is 6.42 Å². The average Bonchev–Trinajstić information content (AvgIpc) is 1.85. The summed E-state index contributed by atoms with van der Waals surface area (Å²) < 4.78 is 0. The third-order valence-corrected chi connectivity index (χ3v) is 1.52. The Hall–Kier alpha value is -0.240. The van der Waals surface area contributed by atoms with Gasteiger partial charge in [0.05, 0.1) is 0 Å². The molecule has 6 nitrogen and oxygen atoms in total. The lowest BCUT2D eigenvalue weighted by Gasteiger charge is -2.33. The van der Waals surface area contributed by atoms with Gasteiger partial charge in [0.1, 0.15) is 6.10 Å². The van der Waals surface area contributed by atoms with E-state index in [2.05, 4.69) is 0 Å². The van der Waals surface area contributed by atoms with E-state index in [0.29, 0.717) is 6.42 Å². The molecular weight excluding hydrogens is 168 g/mol. The van der Waals surface area contributed by atoms with Gasteiger partial charge < -0.3 is 30.6 Å². The summed E-state index contributed by atoms with van der Waals surface area (Å²) in [5.41, 5.74) is 0. The Balaban J connectivity index is 4.38. The molecule has 0 rings (SSSR count). The topological polar surface area (TPSA) is 121 Å². The molecule has 0 fully saturated rings. The molecule has 74 valence electrons. The van der Waals surface area contributed by atoms with Crippen LogP contribution >= 0.6 is 0 Å². The number of rotatable bonds is 4. The van der Waals surface area contributed by atoms with Crippen LogP contribution in [0.3, 0.4) is 0 Å². The van der Waals surface area contributed by atoms with Crippen LogP contribution in [-0.4, -0.2) is 48.5 Å². The van der Waals surface area contributed by atoms with Gasteiger partial charge in [0.25, 0.3) is 5.79 Å². The Morgan fingerprint density at radius 3 is 1.75 bits per heavy atom. The van der Waals surface area contributed by atoms with E-state index < -0.39 is 17.9 Å². The van der Waals surface area contributed by atoms with E-state index >= 15 is 0 Å². The van der Waals surface area contributed by atoms with Crippen LogP contribution in [-0.2, 0) is 0 Å². The molecule has 6 heteroatoms. The molecule has 0 saturated heterocycles. The zero-order chi connectivity index (χ0) is 9.99. The molecule has 0 heterocycles.